The zero-order chi connectivity index (χ0) is 12.3. The monoisotopic (exact) mass is 240 g/mol. The van der Waals surface area contributed by atoms with Crippen LogP contribution >= 0.6 is 0 Å². The Morgan fingerprint density at radius 2 is 2.06 bits per heavy atom. The summed E-state index contributed by atoms with van der Waals surface area (Å²) in [6.07, 6.45) is 6.45. The number of fused-ring (bicyclic) bond motifs is 1. The van der Waals surface area contributed by atoms with E-state index in [4.69, 9.17) is 0 Å². The average Bonchev–Trinajstić information content (AvgIpc) is 2.71. The maximum Gasteiger partial charge on any atom is 0.0584 e. The van der Waals surface area contributed by atoms with Gasteiger partial charge in [-0.1, -0.05) is 20.3 Å². The maximum absolute atomic E-state index is 9.46. The fraction of sp³-hybridized carbons (Fsp3) is 1.00. The van der Waals surface area contributed by atoms with Crippen LogP contribution < -0.4 is 5.32 Å². The second-order valence-electron chi connectivity index (χ2n) is 6.17. The summed E-state index contributed by atoms with van der Waals surface area (Å²) in [5, 5.41) is 13.2. The van der Waals surface area contributed by atoms with Gasteiger partial charge in [-0.05, 0) is 38.1 Å². The van der Waals surface area contributed by atoms with E-state index in [-0.39, 0.29) is 6.61 Å². The summed E-state index contributed by atoms with van der Waals surface area (Å²) in [6.45, 7) is 7.28. The van der Waals surface area contributed by atoms with Crippen molar-refractivity contribution in [2.45, 2.75) is 64.1 Å². The quantitative estimate of drug-likeness (QED) is 0.766. The first-order valence-electron chi connectivity index (χ1n) is 7.31. The molecule has 0 saturated carbocycles. The van der Waals surface area contributed by atoms with Crippen molar-refractivity contribution in [2.75, 3.05) is 19.7 Å². The number of hydrogen-bond donors (Lipinski definition) is 2. The molecule has 0 radical (unpaired) electrons. The highest BCUT2D eigenvalue weighted by Gasteiger charge is 2.36. The van der Waals surface area contributed by atoms with Gasteiger partial charge in [0.2, 0.25) is 0 Å². The molecule has 3 heteroatoms. The van der Waals surface area contributed by atoms with E-state index in [0.717, 1.165) is 12.5 Å². The van der Waals surface area contributed by atoms with Gasteiger partial charge < -0.3 is 10.4 Å². The summed E-state index contributed by atoms with van der Waals surface area (Å²) in [6, 6.07) is 1.65. The second-order valence-corrected chi connectivity index (χ2v) is 6.17. The van der Waals surface area contributed by atoms with Crippen molar-refractivity contribution in [3.05, 3.63) is 0 Å². The van der Waals surface area contributed by atoms with Gasteiger partial charge in [-0.2, -0.15) is 0 Å². The van der Waals surface area contributed by atoms with Crippen LogP contribution in [0.4, 0.5) is 0 Å². The lowest BCUT2D eigenvalue weighted by atomic mass is 9.97. The van der Waals surface area contributed by atoms with E-state index in [1.54, 1.807) is 0 Å². The highest BCUT2D eigenvalue weighted by molar-refractivity contribution is 4.95. The van der Waals surface area contributed by atoms with Crippen LogP contribution in [-0.4, -0.2) is 47.8 Å². The summed E-state index contributed by atoms with van der Waals surface area (Å²) in [5.74, 6) is 0.656. The molecule has 17 heavy (non-hydrogen) atoms. The normalized spacial score (nSPS) is 31.8. The number of rotatable bonds is 5. The molecule has 3 unspecified atom stereocenters. The second kappa shape index (κ2) is 6.17. The zero-order valence-electron chi connectivity index (χ0n) is 11.4. The van der Waals surface area contributed by atoms with Crippen LogP contribution in [0, 0.1) is 5.92 Å². The largest absolute Gasteiger partial charge is 0.395 e. The SMILES string of the molecule is CC(C)CC(CO)NC1CCN2CCCCC12. The average molecular weight is 240 g/mol. The van der Waals surface area contributed by atoms with E-state index in [2.05, 4.69) is 24.1 Å². The number of piperidine rings is 1. The fourth-order valence-electron chi connectivity index (χ4n) is 3.51. The molecule has 0 aromatic heterocycles. The van der Waals surface area contributed by atoms with Crippen molar-refractivity contribution in [1.29, 1.82) is 0 Å². The van der Waals surface area contributed by atoms with E-state index < -0.39 is 0 Å². The molecule has 2 rings (SSSR count). The third kappa shape index (κ3) is 3.43. The Morgan fingerprint density at radius 3 is 2.76 bits per heavy atom. The van der Waals surface area contributed by atoms with Crippen LogP contribution in [0.3, 0.4) is 0 Å². The van der Waals surface area contributed by atoms with Crippen molar-refractivity contribution in [1.82, 2.24) is 10.2 Å². The fourth-order valence-corrected chi connectivity index (χ4v) is 3.51. The number of hydrogen-bond acceptors (Lipinski definition) is 3. The van der Waals surface area contributed by atoms with E-state index in [1.807, 2.05) is 0 Å². The van der Waals surface area contributed by atoms with Gasteiger partial charge in [0.15, 0.2) is 0 Å². The zero-order valence-corrected chi connectivity index (χ0v) is 11.4. The highest BCUT2D eigenvalue weighted by Crippen LogP contribution is 2.27. The summed E-state index contributed by atoms with van der Waals surface area (Å²) in [4.78, 5) is 2.64. The van der Waals surface area contributed by atoms with Crippen LogP contribution in [0.2, 0.25) is 0 Å². The van der Waals surface area contributed by atoms with Crippen molar-refractivity contribution in [3.8, 4) is 0 Å². The molecule has 2 saturated heterocycles. The molecule has 2 fully saturated rings. The molecule has 2 N–H and O–H groups in total. The molecule has 3 atom stereocenters. The van der Waals surface area contributed by atoms with Gasteiger partial charge in [0.05, 0.1) is 6.61 Å². The molecule has 0 aromatic carbocycles. The topological polar surface area (TPSA) is 35.5 Å². The van der Waals surface area contributed by atoms with Gasteiger partial charge in [-0.25, -0.2) is 0 Å². The smallest absolute Gasteiger partial charge is 0.0584 e. The lowest BCUT2D eigenvalue weighted by Gasteiger charge is -2.34. The van der Waals surface area contributed by atoms with Gasteiger partial charge in [-0.3, -0.25) is 4.90 Å². The first-order valence-corrected chi connectivity index (χ1v) is 7.31. The Morgan fingerprint density at radius 1 is 1.24 bits per heavy atom. The molecule has 100 valence electrons. The van der Waals surface area contributed by atoms with Crippen LogP contribution in [0.25, 0.3) is 0 Å². The van der Waals surface area contributed by atoms with Gasteiger partial charge in [0.25, 0.3) is 0 Å². The molecule has 2 aliphatic heterocycles. The van der Waals surface area contributed by atoms with Gasteiger partial charge in [0.1, 0.15) is 0 Å². The Hall–Kier alpha value is -0.120. The Balaban J connectivity index is 1.85. The van der Waals surface area contributed by atoms with Gasteiger partial charge in [0, 0.05) is 24.7 Å². The van der Waals surface area contributed by atoms with E-state index in [1.165, 1.54) is 38.8 Å². The Bertz CT molecular complexity index is 232. The predicted molar refractivity (Wildman–Crippen MR) is 71.1 cm³/mol. The minimum atomic E-state index is 0.279. The van der Waals surface area contributed by atoms with Crippen molar-refractivity contribution < 1.29 is 5.11 Å². The molecule has 3 nitrogen and oxygen atoms in total. The number of aliphatic hydroxyl groups excluding tert-OH is 1. The lowest BCUT2D eigenvalue weighted by molar-refractivity contribution is 0.160. The molecule has 0 amide bonds. The van der Waals surface area contributed by atoms with E-state index in [9.17, 15) is 5.11 Å². The predicted octanol–water partition coefficient (Wildman–Crippen LogP) is 1.61. The van der Waals surface area contributed by atoms with E-state index >= 15 is 0 Å². The van der Waals surface area contributed by atoms with Crippen LogP contribution in [0.5, 0.6) is 0 Å². The summed E-state index contributed by atoms with van der Waals surface area (Å²) >= 11 is 0. The standard InChI is InChI=1S/C14H28N2O/c1-11(2)9-12(10-17)15-13-6-8-16-7-4-3-5-14(13)16/h11-15,17H,3-10H2,1-2H3. The molecular weight excluding hydrogens is 212 g/mol. The summed E-state index contributed by atoms with van der Waals surface area (Å²) < 4.78 is 0. The first-order chi connectivity index (χ1) is 8.20. The van der Waals surface area contributed by atoms with Gasteiger partial charge >= 0.3 is 0 Å². The molecule has 0 bridgehead atoms. The van der Waals surface area contributed by atoms with E-state index in [0.29, 0.717) is 18.0 Å². The maximum atomic E-state index is 9.46. The molecule has 2 aliphatic rings. The third-order valence-electron chi connectivity index (χ3n) is 4.28. The molecule has 0 aromatic rings. The highest BCUT2D eigenvalue weighted by atomic mass is 16.3. The van der Waals surface area contributed by atoms with Crippen molar-refractivity contribution in [2.24, 2.45) is 5.92 Å². The van der Waals surface area contributed by atoms with Crippen molar-refractivity contribution in [3.63, 3.8) is 0 Å². The summed E-state index contributed by atoms with van der Waals surface area (Å²) in [7, 11) is 0. The van der Waals surface area contributed by atoms with Crippen LogP contribution in [-0.2, 0) is 0 Å². The minimum absolute atomic E-state index is 0.279. The Kier molecular flexibility index (Phi) is 4.83. The number of aliphatic hydroxyl groups is 1. The Labute approximate surface area is 106 Å². The number of nitrogens with zero attached hydrogens (tertiary/aromatic N) is 1. The van der Waals surface area contributed by atoms with Crippen molar-refractivity contribution >= 4 is 0 Å². The van der Waals surface area contributed by atoms with Crippen LogP contribution in [0.15, 0.2) is 0 Å². The van der Waals surface area contributed by atoms with Crippen LogP contribution in [0.1, 0.15) is 46.0 Å². The lowest BCUT2D eigenvalue weighted by Crippen LogP contribution is -2.49. The van der Waals surface area contributed by atoms with Gasteiger partial charge in [-0.15, -0.1) is 0 Å². The molecule has 0 spiro atoms. The molecule has 0 aliphatic carbocycles. The first kappa shape index (κ1) is 13.3. The molecule has 2 heterocycles. The number of nitrogens with one attached hydrogen (secondary N) is 1. The summed E-state index contributed by atoms with van der Waals surface area (Å²) in [5.41, 5.74) is 0. The minimum Gasteiger partial charge on any atom is -0.395 e. The molecular formula is C14H28N2O. The third-order valence-corrected chi connectivity index (χ3v) is 4.28.